The predicted molar refractivity (Wildman–Crippen MR) is 101 cm³/mol. The normalized spacial score (nSPS) is 12.6. The van der Waals surface area contributed by atoms with Gasteiger partial charge in [0.15, 0.2) is 6.10 Å². The molecule has 0 aromatic heterocycles. The highest BCUT2D eigenvalue weighted by Crippen LogP contribution is 2.34. The lowest BCUT2D eigenvalue weighted by Crippen LogP contribution is -2.30. The van der Waals surface area contributed by atoms with Gasteiger partial charge in [0.1, 0.15) is 0 Å². The van der Waals surface area contributed by atoms with Crippen molar-refractivity contribution in [3.8, 4) is 0 Å². The van der Waals surface area contributed by atoms with Crippen LogP contribution in [0.15, 0.2) is 48.5 Å². The molecule has 4 nitrogen and oxygen atoms in total. The summed E-state index contributed by atoms with van der Waals surface area (Å²) in [5.41, 5.74) is 0.139. The van der Waals surface area contributed by atoms with Crippen LogP contribution in [0.5, 0.6) is 0 Å². The summed E-state index contributed by atoms with van der Waals surface area (Å²) in [6.07, 6.45) is -3.35. The number of para-hydroxylation sites is 1. The first-order chi connectivity index (χ1) is 13.1. The molecule has 1 atom stereocenters. The van der Waals surface area contributed by atoms with Crippen LogP contribution in [0.3, 0.4) is 0 Å². The molecule has 2 aromatic carbocycles. The Morgan fingerprint density at radius 2 is 1.86 bits per heavy atom. The van der Waals surface area contributed by atoms with Crippen LogP contribution < -0.4 is 5.32 Å². The lowest BCUT2D eigenvalue weighted by atomic mass is 10.1. The molecule has 1 amide bonds. The zero-order valence-electron chi connectivity index (χ0n) is 15.0. The van der Waals surface area contributed by atoms with Crippen molar-refractivity contribution >= 4 is 35.2 Å². The van der Waals surface area contributed by atoms with Gasteiger partial charge < -0.3 is 10.1 Å². The number of esters is 1. The molecule has 0 heterocycles. The number of aryl methyl sites for hydroxylation is 1. The summed E-state index contributed by atoms with van der Waals surface area (Å²) in [6.45, 7) is 3.10. The van der Waals surface area contributed by atoms with Crippen LogP contribution in [0.4, 0.5) is 18.9 Å². The van der Waals surface area contributed by atoms with Gasteiger partial charge in [-0.25, -0.2) is 4.79 Å². The fourth-order valence-corrected chi connectivity index (χ4v) is 2.41. The summed E-state index contributed by atoms with van der Waals surface area (Å²) in [5, 5.41) is 2.67. The number of halogens is 4. The van der Waals surface area contributed by atoms with E-state index in [0.29, 0.717) is 10.6 Å². The fourth-order valence-electron chi connectivity index (χ4n) is 2.22. The number of amides is 1. The number of carbonyl (C=O) groups is 2. The van der Waals surface area contributed by atoms with E-state index < -0.39 is 35.4 Å². The van der Waals surface area contributed by atoms with E-state index in [1.807, 2.05) is 6.92 Å². The van der Waals surface area contributed by atoms with Gasteiger partial charge in [-0.1, -0.05) is 35.9 Å². The Labute approximate surface area is 165 Å². The number of benzene rings is 2. The lowest BCUT2D eigenvalue weighted by Gasteiger charge is -2.16. The quantitative estimate of drug-likeness (QED) is 0.540. The number of ether oxygens (including phenoxy) is 1. The average molecular weight is 412 g/mol. The maximum atomic E-state index is 13.0. The van der Waals surface area contributed by atoms with Crippen LogP contribution in [0, 0.1) is 6.92 Å². The van der Waals surface area contributed by atoms with E-state index in [-0.39, 0.29) is 0 Å². The van der Waals surface area contributed by atoms with Gasteiger partial charge in [0.05, 0.1) is 11.3 Å². The van der Waals surface area contributed by atoms with Gasteiger partial charge in [-0.2, -0.15) is 13.2 Å². The standard InChI is InChI=1S/C20H17ClF3NO3/c1-12-7-8-14(11-16(12)21)9-10-18(26)28-13(2)19(27)25-17-6-4-3-5-15(17)20(22,23)24/h3-11,13H,1-2H3,(H,25,27)/b10-9+/t13-/m0/s1. The fraction of sp³-hybridized carbons (Fsp3) is 0.200. The molecule has 0 spiro atoms. The third kappa shape index (κ3) is 5.85. The molecule has 0 fully saturated rings. The van der Waals surface area contributed by atoms with E-state index in [2.05, 4.69) is 5.32 Å². The van der Waals surface area contributed by atoms with Gasteiger partial charge in [-0.15, -0.1) is 0 Å². The van der Waals surface area contributed by atoms with E-state index in [9.17, 15) is 22.8 Å². The summed E-state index contributed by atoms with van der Waals surface area (Å²) in [4.78, 5) is 23.9. The topological polar surface area (TPSA) is 55.4 Å². The Balaban J connectivity index is 1.99. The predicted octanol–water partition coefficient (Wildman–Crippen LogP) is 5.25. The largest absolute Gasteiger partial charge is 0.449 e. The minimum absolute atomic E-state index is 0.410. The van der Waals surface area contributed by atoms with Gasteiger partial charge in [-0.05, 0) is 49.2 Å². The molecular formula is C20H17ClF3NO3. The molecular weight excluding hydrogens is 395 g/mol. The first kappa shape index (κ1) is 21.5. The number of hydrogen-bond donors (Lipinski definition) is 1. The third-order valence-corrected chi connectivity index (χ3v) is 4.17. The summed E-state index contributed by atoms with van der Waals surface area (Å²) >= 11 is 5.99. The SMILES string of the molecule is Cc1ccc(/C=C/C(=O)O[C@@H](C)C(=O)Nc2ccccc2C(F)(F)F)cc1Cl. The molecule has 1 N–H and O–H groups in total. The zero-order chi connectivity index (χ0) is 20.9. The molecule has 0 radical (unpaired) electrons. The summed E-state index contributed by atoms with van der Waals surface area (Å²) < 4.78 is 43.8. The van der Waals surface area contributed by atoms with Gasteiger partial charge in [0.2, 0.25) is 0 Å². The van der Waals surface area contributed by atoms with Gasteiger partial charge in [-0.3, -0.25) is 4.79 Å². The number of rotatable bonds is 5. The average Bonchev–Trinajstić information content (AvgIpc) is 2.62. The van der Waals surface area contributed by atoms with E-state index in [0.717, 1.165) is 23.8 Å². The molecule has 28 heavy (non-hydrogen) atoms. The molecule has 0 unspecified atom stereocenters. The van der Waals surface area contributed by atoms with Crippen molar-refractivity contribution < 1.29 is 27.5 Å². The highest BCUT2D eigenvalue weighted by atomic mass is 35.5. The van der Waals surface area contributed by atoms with Crippen molar-refractivity contribution in [1.29, 1.82) is 0 Å². The summed E-state index contributed by atoms with van der Waals surface area (Å²) in [7, 11) is 0. The minimum atomic E-state index is -4.62. The highest BCUT2D eigenvalue weighted by Gasteiger charge is 2.34. The molecule has 0 bridgehead atoms. The van der Waals surface area contributed by atoms with Gasteiger partial charge in [0.25, 0.3) is 5.91 Å². The Morgan fingerprint density at radius 1 is 1.18 bits per heavy atom. The van der Waals surface area contributed by atoms with Crippen LogP contribution >= 0.6 is 11.6 Å². The zero-order valence-corrected chi connectivity index (χ0v) is 15.8. The number of anilines is 1. The first-order valence-electron chi connectivity index (χ1n) is 8.20. The van der Waals surface area contributed by atoms with Crippen LogP contribution in [0.2, 0.25) is 5.02 Å². The number of hydrogen-bond acceptors (Lipinski definition) is 3. The smallest absolute Gasteiger partial charge is 0.418 e. The van der Waals surface area contributed by atoms with Crippen molar-refractivity contribution in [2.24, 2.45) is 0 Å². The molecule has 2 aromatic rings. The number of alkyl halides is 3. The van der Waals surface area contributed by atoms with Crippen LogP contribution in [-0.4, -0.2) is 18.0 Å². The van der Waals surface area contributed by atoms with Crippen molar-refractivity contribution in [3.05, 3.63) is 70.3 Å². The Bertz CT molecular complexity index is 910. The third-order valence-electron chi connectivity index (χ3n) is 3.76. The molecule has 2 rings (SSSR count). The number of nitrogens with one attached hydrogen (secondary N) is 1. The van der Waals surface area contributed by atoms with Crippen LogP contribution in [-0.2, 0) is 20.5 Å². The van der Waals surface area contributed by atoms with Crippen LogP contribution in [0.25, 0.3) is 6.08 Å². The Kier molecular flexibility index (Phi) is 6.85. The van der Waals surface area contributed by atoms with Crippen molar-refractivity contribution in [2.45, 2.75) is 26.1 Å². The van der Waals surface area contributed by atoms with Crippen molar-refractivity contribution in [2.75, 3.05) is 5.32 Å². The van der Waals surface area contributed by atoms with Crippen molar-refractivity contribution in [1.82, 2.24) is 0 Å². The molecule has 0 aliphatic rings. The van der Waals surface area contributed by atoms with Gasteiger partial charge >= 0.3 is 12.1 Å². The Morgan fingerprint density at radius 3 is 2.50 bits per heavy atom. The summed E-state index contributed by atoms with van der Waals surface area (Å²) in [6, 6.07) is 9.72. The molecule has 0 saturated carbocycles. The second kappa shape index (κ2) is 8.93. The molecule has 0 aliphatic heterocycles. The second-order valence-electron chi connectivity index (χ2n) is 5.95. The lowest BCUT2D eigenvalue weighted by molar-refractivity contribution is -0.148. The van der Waals surface area contributed by atoms with Crippen LogP contribution in [0.1, 0.15) is 23.6 Å². The molecule has 8 heteroatoms. The Hall–Kier alpha value is -2.80. The van der Waals surface area contributed by atoms with E-state index in [4.69, 9.17) is 16.3 Å². The molecule has 0 saturated heterocycles. The first-order valence-corrected chi connectivity index (χ1v) is 8.57. The highest BCUT2D eigenvalue weighted by molar-refractivity contribution is 6.31. The second-order valence-corrected chi connectivity index (χ2v) is 6.36. The molecule has 148 valence electrons. The monoisotopic (exact) mass is 411 g/mol. The van der Waals surface area contributed by atoms with E-state index in [1.165, 1.54) is 25.1 Å². The maximum absolute atomic E-state index is 13.0. The van der Waals surface area contributed by atoms with E-state index >= 15 is 0 Å². The summed E-state index contributed by atoms with van der Waals surface area (Å²) in [5.74, 6) is -1.69. The molecule has 0 aliphatic carbocycles. The van der Waals surface area contributed by atoms with Gasteiger partial charge in [0, 0.05) is 11.1 Å². The maximum Gasteiger partial charge on any atom is 0.418 e. The van der Waals surface area contributed by atoms with Crippen molar-refractivity contribution in [3.63, 3.8) is 0 Å². The van der Waals surface area contributed by atoms with E-state index in [1.54, 1.807) is 18.2 Å². The number of carbonyl (C=O) groups excluding carboxylic acids is 2. The minimum Gasteiger partial charge on any atom is -0.449 e.